The molecule has 0 aromatic rings. The molecule has 0 N–H and O–H groups in total. The van der Waals surface area contributed by atoms with Gasteiger partial charge in [0, 0.05) is 19.3 Å². The Kier molecular flexibility index (Phi) is 50.0. The zero-order chi connectivity index (χ0) is 47.2. The highest BCUT2D eigenvalue weighted by atomic mass is 16.6. The average molecular weight is 903 g/mol. The number of esters is 3. The molecule has 0 saturated carbocycles. The third-order valence-electron chi connectivity index (χ3n) is 11.1. The Morgan fingerprint density at radius 2 is 0.600 bits per heavy atom. The van der Waals surface area contributed by atoms with Gasteiger partial charge in [-0.2, -0.15) is 0 Å². The van der Waals surface area contributed by atoms with Crippen molar-refractivity contribution in [3.63, 3.8) is 0 Å². The van der Waals surface area contributed by atoms with E-state index in [1.54, 1.807) is 0 Å². The van der Waals surface area contributed by atoms with Crippen LogP contribution < -0.4 is 0 Å². The Morgan fingerprint density at radius 3 is 0.938 bits per heavy atom. The molecule has 0 aromatic carbocycles. The van der Waals surface area contributed by atoms with Crippen molar-refractivity contribution in [2.24, 2.45) is 0 Å². The number of hydrogen-bond acceptors (Lipinski definition) is 6. The molecule has 0 radical (unpaired) electrons. The summed E-state index contributed by atoms with van der Waals surface area (Å²) in [6.45, 7) is 6.34. The molecule has 0 aliphatic rings. The minimum atomic E-state index is -0.815. The minimum absolute atomic E-state index is 0.107. The molecule has 0 fully saturated rings. The van der Waals surface area contributed by atoms with Crippen LogP contribution in [-0.2, 0) is 28.6 Å². The first kappa shape index (κ1) is 61.3. The zero-order valence-electron chi connectivity index (χ0n) is 42.2. The van der Waals surface area contributed by atoms with Crippen molar-refractivity contribution in [2.45, 2.75) is 245 Å². The third kappa shape index (κ3) is 51.2. The lowest BCUT2D eigenvalue weighted by atomic mass is 10.0. The summed E-state index contributed by atoms with van der Waals surface area (Å²) in [6, 6.07) is 0. The Labute approximate surface area is 400 Å². The van der Waals surface area contributed by atoms with Crippen molar-refractivity contribution in [3.05, 3.63) is 97.2 Å². The van der Waals surface area contributed by atoms with Gasteiger partial charge in [-0.05, 0) is 96.3 Å². The number of rotatable bonds is 47. The maximum atomic E-state index is 12.8. The molecule has 0 rings (SSSR count). The van der Waals surface area contributed by atoms with E-state index in [2.05, 4.69) is 118 Å². The van der Waals surface area contributed by atoms with Gasteiger partial charge in [0.1, 0.15) is 13.2 Å². The summed E-state index contributed by atoms with van der Waals surface area (Å²) in [5.74, 6) is -0.991. The van der Waals surface area contributed by atoms with Gasteiger partial charge in [-0.25, -0.2) is 0 Å². The minimum Gasteiger partial charge on any atom is -0.462 e. The summed E-state index contributed by atoms with van der Waals surface area (Å²) in [5.41, 5.74) is 0. The van der Waals surface area contributed by atoms with Crippen molar-refractivity contribution in [2.75, 3.05) is 13.2 Å². The second kappa shape index (κ2) is 52.9. The molecule has 6 nitrogen and oxygen atoms in total. The maximum Gasteiger partial charge on any atom is 0.306 e. The van der Waals surface area contributed by atoms with Crippen LogP contribution in [0.25, 0.3) is 0 Å². The molecule has 0 spiro atoms. The fraction of sp³-hybridized carbons (Fsp3) is 0.678. The molecular formula is C59H98O6. The summed E-state index contributed by atoms with van der Waals surface area (Å²) in [5, 5.41) is 0. The second-order valence-electron chi connectivity index (χ2n) is 17.4. The topological polar surface area (TPSA) is 78.9 Å². The number of unbranched alkanes of at least 4 members (excludes halogenated alkanes) is 20. The van der Waals surface area contributed by atoms with Crippen LogP contribution in [0.5, 0.6) is 0 Å². The molecule has 65 heavy (non-hydrogen) atoms. The number of hydrogen-bond donors (Lipinski definition) is 0. The second-order valence-corrected chi connectivity index (χ2v) is 17.4. The SMILES string of the molecule is CC/C=C\C/C=C\C/C=C\C/C=C\CCCCC(=O)OC[C@H](COC(=O)CCCCCCCCCCCCCCCCCCC)OC(=O)CCCC/C=C\C/C=C\C/C=C\C/C=C\CC. The normalized spacial score (nSPS) is 12.8. The largest absolute Gasteiger partial charge is 0.462 e. The zero-order valence-corrected chi connectivity index (χ0v) is 42.2. The predicted molar refractivity (Wildman–Crippen MR) is 279 cm³/mol. The molecule has 0 aliphatic heterocycles. The summed E-state index contributed by atoms with van der Waals surface area (Å²) < 4.78 is 16.8. The first-order valence-electron chi connectivity index (χ1n) is 26.7. The van der Waals surface area contributed by atoms with Crippen LogP contribution in [0, 0.1) is 0 Å². The molecule has 0 aliphatic carbocycles. The molecular weight excluding hydrogens is 805 g/mol. The van der Waals surface area contributed by atoms with Crippen LogP contribution in [0.15, 0.2) is 97.2 Å². The lowest BCUT2D eigenvalue weighted by Crippen LogP contribution is -2.30. The monoisotopic (exact) mass is 903 g/mol. The molecule has 6 heteroatoms. The first-order chi connectivity index (χ1) is 32.0. The molecule has 0 amide bonds. The molecule has 0 heterocycles. The maximum absolute atomic E-state index is 12.8. The van der Waals surface area contributed by atoms with E-state index in [0.717, 1.165) is 96.3 Å². The highest BCUT2D eigenvalue weighted by Gasteiger charge is 2.19. The highest BCUT2D eigenvalue weighted by Crippen LogP contribution is 2.15. The first-order valence-corrected chi connectivity index (χ1v) is 26.7. The van der Waals surface area contributed by atoms with Crippen molar-refractivity contribution >= 4 is 17.9 Å². The van der Waals surface area contributed by atoms with Crippen molar-refractivity contribution in [3.8, 4) is 0 Å². The molecule has 0 aromatic heterocycles. The van der Waals surface area contributed by atoms with E-state index >= 15 is 0 Å². The van der Waals surface area contributed by atoms with Crippen molar-refractivity contribution in [1.29, 1.82) is 0 Å². The van der Waals surface area contributed by atoms with Gasteiger partial charge in [-0.1, -0.05) is 221 Å². The summed E-state index contributed by atoms with van der Waals surface area (Å²) in [4.78, 5) is 38.0. The standard InChI is InChI=1S/C59H98O6/c1-4-7-10-13-16-19-22-25-28-29-32-34-37-40-43-46-49-52-58(61)64-55-56(65-59(62)53-50-47-44-41-38-35-31-27-24-21-18-15-12-9-6-3)54-63-57(60)51-48-45-42-39-36-33-30-26-23-20-17-14-11-8-5-2/h8-9,11-12,17-18,20-21,26-27,30-31,36,38-39,41,56H,4-7,10,13-16,19,22-25,28-29,32-35,37,40,42-55H2,1-3H3/b11-8-,12-9-,20-17-,21-18-,30-26-,31-27-,39-36-,41-38-/t56-/m1/s1. The van der Waals surface area contributed by atoms with E-state index in [9.17, 15) is 14.4 Å². The van der Waals surface area contributed by atoms with Crippen LogP contribution in [-0.4, -0.2) is 37.2 Å². The Bertz CT molecular complexity index is 1310. The van der Waals surface area contributed by atoms with E-state index in [1.165, 1.54) is 89.9 Å². The van der Waals surface area contributed by atoms with Crippen LogP contribution in [0.3, 0.4) is 0 Å². The van der Waals surface area contributed by atoms with E-state index in [0.29, 0.717) is 25.7 Å². The number of carbonyl (C=O) groups is 3. The van der Waals surface area contributed by atoms with Gasteiger partial charge in [0.05, 0.1) is 0 Å². The van der Waals surface area contributed by atoms with Gasteiger partial charge in [-0.3, -0.25) is 14.4 Å². The van der Waals surface area contributed by atoms with E-state index < -0.39 is 6.10 Å². The van der Waals surface area contributed by atoms with E-state index in [-0.39, 0.29) is 37.5 Å². The van der Waals surface area contributed by atoms with Gasteiger partial charge >= 0.3 is 17.9 Å². The predicted octanol–water partition coefficient (Wildman–Crippen LogP) is 17.8. The Morgan fingerprint density at radius 1 is 0.323 bits per heavy atom. The number of allylic oxidation sites excluding steroid dienone is 16. The lowest BCUT2D eigenvalue weighted by Gasteiger charge is -2.18. The average Bonchev–Trinajstić information content (AvgIpc) is 3.30. The number of carbonyl (C=O) groups excluding carboxylic acids is 3. The quantitative estimate of drug-likeness (QED) is 0.0262. The van der Waals surface area contributed by atoms with Crippen LogP contribution >= 0.6 is 0 Å². The molecule has 0 bridgehead atoms. The molecule has 1 atom stereocenters. The summed E-state index contributed by atoms with van der Waals surface area (Å²) in [7, 11) is 0. The van der Waals surface area contributed by atoms with Crippen molar-refractivity contribution < 1.29 is 28.6 Å². The third-order valence-corrected chi connectivity index (χ3v) is 11.1. The van der Waals surface area contributed by atoms with E-state index in [4.69, 9.17) is 14.2 Å². The molecule has 0 unspecified atom stereocenters. The highest BCUT2D eigenvalue weighted by molar-refractivity contribution is 5.71. The summed E-state index contributed by atoms with van der Waals surface area (Å²) in [6.07, 6.45) is 69.7. The lowest BCUT2D eigenvalue weighted by molar-refractivity contribution is -0.167. The fourth-order valence-electron chi connectivity index (χ4n) is 7.13. The van der Waals surface area contributed by atoms with Crippen LogP contribution in [0.4, 0.5) is 0 Å². The van der Waals surface area contributed by atoms with Gasteiger partial charge in [0.2, 0.25) is 0 Å². The Hall–Kier alpha value is -3.67. The number of ether oxygens (including phenoxy) is 3. The van der Waals surface area contributed by atoms with Gasteiger partial charge < -0.3 is 14.2 Å². The molecule has 370 valence electrons. The van der Waals surface area contributed by atoms with Gasteiger partial charge in [0.25, 0.3) is 0 Å². The van der Waals surface area contributed by atoms with Crippen molar-refractivity contribution in [1.82, 2.24) is 0 Å². The van der Waals surface area contributed by atoms with Gasteiger partial charge in [-0.15, -0.1) is 0 Å². The smallest absolute Gasteiger partial charge is 0.306 e. The van der Waals surface area contributed by atoms with E-state index in [1.807, 2.05) is 0 Å². The fourth-order valence-corrected chi connectivity index (χ4v) is 7.13. The van der Waals surface area contributed by atoms with Crippen LogP contribution in [0.2, 0.25) is 0 Å². The van der Waals surface area contributed by atoms with Crippen LogP contribution in [0.1, 0.15) is 239 Å². The summed E-state index contributed by atoms with van der Waals surface area (Å²) >= 11 is 0. The Balaban J connectivity index is 4.49. The molecule has 0 saturated heterocycles. The van der Waals surface area contributed by atoms with Gasteiger partial charge in [0.15, 0.2) is 6.10 Å².